The highest BCUT2D eigenvalue weighted by Gasteiger charge is 2.13. The molecule has 3 aromatic rings. The fourth-order valence-corrected chi connectivity index (χ4v) is 3.64. The van der Waals surface area contributed by atoms with Crippen molar-refractivity contribution in [3.05, 3.63) is 98.6 Å². The third-order valence-electron chi connectivity index (χ3n) is 5.17. The molecular weight excluding hydrogens is 420 g/mol. The summed E-state index contributed by atoms with van der Waals surface area (Å²) in [5.41, 5.74) is 6.58. The van der Waals surface area contributed by atoms with Crippen LogP contribution in [0.4, 0.5) is 5.69 Å². The van der Waals surface area contributed by atoms with Crippen LogP contribution in [0.25, 0.3) is 6.08 Å². The van der Waals surface area contributed by atoms with Crippen molar-refractivity contribution in [2.75, 3.05) is 5.32 Å². The van der Waals surface area contributed by atoms with Crippen molar-refractivity contribution in [2.45, 2.75) is 34.3 Å². The molecule has 0 heterocycles. The Balaban J connectivity index is 1.86. The first-order chi connectivity index (χ1) is 15.3. The fourth-order valence-electron chi connectivity index (χ4n) is 3.46. The van der Waals surface area contributed by atoms with Crippen molar-refractivity contribution in [3.63, 3.8) is 0 Å². The molecule has 0 unspecified atom stereocenters. The number of hydrogen-bond acceptors (Lipinski definition) is 3. The standard InChI is InChI=1S/C27H25ClN2O2/c1-17-10-18(2)12-21(11-17)16-32-26-9-8-24(28)14-22(26)13-23(15-29)27(31)30-25-7-5-6-19(3)20(25)4/h5-14H,16H2,1-4H3,(H,30,31)/b23-13+. The number of nitrogens with one attached hydrogen (secondary N) is 1. The zero-order valence-electron chi connectivity index (χ0n) is 18.6. The number of nitriles is 1. The number of carbonyl (C=O) groups is 1. The van der Waals surface area contributed by atoms with Crippen LogP contribution in [0.3, 0.4) is 0 Å². The van der Waals surface area contributed by atoms with Crippen molar-refractivity contribution in [1.82, 2.24) is 0 Å². The zero-order valence-corrected chi connectivity index (χ0v) is 19.4. The maximum atomic E-state index is 12.8. The number of halogens is 1. The molecule has 5 heteroatoms. The molecule has 0 bridgehead atoms. The highest BCUT2D eigenvalue weighted by Crippen LogP contribution is 2.27. The molecule has 0 atom stereocenters. The molecule has 3 rings (SSSR count). The third kappa shape index (κ3) is 5.78. The highest BCUT2D eigenvalue weighted by atomic mass is 35.5. The number of aryl methyl sites for hydroxylation is 3. The number of carbonyl (C=O) groups excluding carboxylic acids is 1. The van der Waals surface area contributed by atoms with E-state index in [9.17, 15) is 10.1 Å². The van der Waals surface area contributed by atoms with Gasteiger partial charge in [0.15, 0.2) is 0 Å². The molecule has 162 valence electrons. The largest absolute Gasteiger partial charge is 0.488 e. The molecule has 32 heavy (non-hydrogen) atoms. The monoisotopic (exact) mass is 444 g/mol. The summed E-state index contributed by atoms with van der Waals surface area (Å²) in [7, 11) is 0. The first-order valence-electron chi connectivity index (χ1n) is 10.3. The van der Waals surface area contributed by atoms with Gasteiger partial charge in [0, 0.05) is 16.3 Å². The highest BCUT2D eigenvalue weighted by molar-refractivity contribution is 6.30. The van der Waals surface area contributed by atoms with Gasteiger partial charge in [0.25, 0.3) is 5.91 Å². The Labute approximate surface area is 194 Å². The lowest BCUT2D eigenvalue weighted by molar-refractivity contribution is -0.112. The van der Waals surface area contributed by atoms with E-state index in [2.05, 4.69) is 23.5 Å². The summed E-state index contributed by atoms with van der Waals surface area (Å²) in [4.78, 5) is 12.8. The van der Waals surface area contributed by atoms with Crippen LogP contribution < -0.4 is 10.1 Å². The molecule has 1 amide bonds. The topological polar surface area (TPSA) is 62.1 Å². The van der Waals surface area contributed by atoms with Gasteiger partial charge in [0.2, 0.25) is 0 Å². The van der Waals surface area contributed by atoms with Gasteiger partial charge in [0.05, 0.1) is 0 Å². The minimum Gasteiger partial charge on any atom is -0.488 e. The van der Waals surface area contributed by atoms with Crippen LogP contribution in [0.15, 0.2) is 60.2 Å². The predicted octanol–water partition coefficient (Wildman–Crippen LogP) is 6.70. The maximum Gasteiger partial charge on any atom is 0.266 e. The van der Waals surface area contributed by atoms with Crippen LogP contribution in [0.1, 0.15) is 33.4 Å². The predicted molar refractivity (Wildman–Crippen MR) is 130 cm³/mol. The summed E-state index contributed by atoms with van der Waals surface area (Å²) in [5.74, 6) is 0.0577. The Hall–Kier alpha value is -3.55. The number of rotatable bonds is 6. The molecule has 0 saturated heterocycles. The van der Waals surface area contributed by atoms with E-state index in [4.69, 9.17) is 16.3 Å². The van der Waals surface area contributed by atoms with Crippen LogP contribution in [0, 0.1) is 39.0 Å². The SMILES string of the molecule is Cc1cc(C)cc(COc2ccc(Cl)cc2/C=C(\C#N)C(=O)Nc2cccc(C)c2C)c1. The minimum atomic E-state index is -0.485. The summed E-state index contributed by atoms with van der Waals surface area (Å²) in [6.07, 6.45) is 1.50. The van der Waals surface area contributed by atoms with Gasteiger partial charge in [-0.15, -0.1) is 0 Å². The van der Waals surface area contributed by atoms with E-state index in [1.165, 1.54) is 6.08 Å². The van der Waals surface area contributed by atoms with Crippen LogP contribution in [-0.4, -0.2) is 5.91 Å². The van der Waals surface area contributed by atoms with E-state index in [0.29, 0.717) is 28.6 Å². The molecule has 0 aliphatic heterocycles. The molecule has 3 aromatic carbocycles. The van der Waals surface area contributed by atoms with E-state index >= 15 is 0 Å². The summed E-state index contributed by atoms with van der Waals surface area (Å²) in [5, 5.41) is 12.9. The van der Waals surface area contributed by atoms with Crippen LogP contribution in [-0.2, 0) is 11.4 Å². The molecule has 0 aliphatic rings. The van der Waals surface area contributed by atoms with Gasteiger partial charge in [-0.25, -0.2) is 0 Å². The first-order valence-corrected chi connectivity index (χ1v) is 10.6. The molecule has 4 nitrogen and oxygen atoms in total. The number of ether oxygens (including phenoxy) is 1. The fraction of sp³-hybridized carbons (Fsp3) is 0.185. The lowest BCUT2D eigenvalue weighted by Gasteiger charge is -2.12. The average molecular weight is 445 g/mol. The molecule has 0 radical (unpaired) electrons. The van der Waals surface area contributed by atoms with Crippen LogP contribution in [0.5, 0.6) is 5.75 Å². The molecule has 0 aromatic heterocycles. The second kappa shape index (κ2) is 10.2. The minimum absolute atomic E-state index is 0.0376. The smallest absolute Gasteiger partial charge is 0.266 e. The first kappa shape index (κ1) is 23.1. The Morgan fingerprint density at radius 1 is 1.06 bits per heavy atom. The van der Waals surface area contributed by atoms with Gasteiger partial charge in [-0.1, -0.05) is 53.1 Å². The van der Waals surface area contributed by atoms with E-state index in [1.54, 1.807) is 18.2 Å². The molecule has 0 fully saturated rings. The lowest BCUT2D eigenvalue weighted by atomic mass is 10.1. The quantitative estimate of drug-likeness (QED) is 0.340. The van der Waals surface area contributed by atoms with Gasteiger partial charge in [-0.05, 0) is 74.7 Å². The number of benzene rings is 3. The van der Waals surface area contributed by atoms with Crippen LogP contribution >= 0.6 is 11.6 Å². The lowest BCUT2D eigenvalue weighted by Crippen LogP contribution is -2.14. The Morgan fingerprint density at radius 3 is 2.47 bits per heavy atom. The number of hydrogen-bond donors (Lipinski definition) is 1. The number of amides is 1. The molecule has 0 aliphatic carbocycles. The van der Waals surface area contributed by atoms with Crippen molar-refractivity contribution in [3.8, 4) is 11.8 Å². The van der Waals surface area contributed by atoms with E-state index < -0.39 is 5.91 Å². The maximum absolute atomic E-state index is 12.8. The molecular formula is C27H25ClN2O2. The van der Waals surface area contributed by atoms with Crippen molar-refractivity contribution < 1.29 is 9.53 Å². The zero-order chi connectivity index (χ0) is 23.3. The third-order valence-corrected chi connectivity index (χ3v) is 5.40. The van der Waals surface area contributed by atoms with Crippen molar-refractivity contribution in [1.29, 1.82) is 5.26 Å². The summed E-state index contributed by atoms with van der Waals surface area (Å²) in [6.45, 7) is 8.34. The second-order valence-electron chi connectivity index (χ2n) is 7.84. The van der Waals surface area contributed by atoms with E-state index in [1.807, 2.05) is 52.0 Å². The Morgan fingerprint density at radius 2 is 1.78 bits per heavy atom. The van der Waals surface area contributed by atoms with Gasteiger partial charge < -0.3 is 10.1 Å². The van der Waals surface area contributed by atoms with E-state index in [0.717, 1.165) is 27.8 Å². The number of anilines is 1. The van der Waals surface area contributed by atoms with Gasteiger partial charge in [-0.2, -0.15) is 5.26 Å². The summed E-state index contributed by atoms with van der Waals surface area (Å²) < 4.78 is 6.02. The Kier molecular flexibility index (Phi) is 7.35. The molecule has 0 saturated carbocycles. The Bertz CT molecular complexity index is 1220. The molecule has 0 spiro atoms. The summed E-state index contributed by atoms with van der Waals surface area (Å²) in [6, 6.07) is 19.0. The number of nitrogens with zero attached hydrogens (tertiary/aromatic N) is 1. The molecule has 1 N–H and O–H groups in total. The van der Waals surface area contributed by atoms with E-state index in [-0.39, 0.29) is 5.57 Å². The normalized spacial score (nSPS) is 11.1. The van der Waals surface area contributed by atoms with Gasteiger partial charge in [-0.3, -0.25) is 4.79 Å². The van der Waals surface area contributed by atoms with Gasteiger partial charge >= 0.3 is 0 Å². The second-order valence-corrected chi connectivity index (χ2v) is 8.27. The van der Waals surface area contributed by atoms with Crippen molar-refractivity contribution >= 4 is 29.3 Å². The van der Waals surface area contributed by atoms with Crippen molar-refractivity contribution in [2.24, 2.45) is 0 Å². The summed E-state index contributed by atoms with van der Waals surface area (Å²) >= 11 is 6.18. The van der Waals surface area contributed by atoms with Gasteiger partial charge in [0.1, 0.15) is 24.0 Å². The van der Waals surface area contributed by atoms with Crippen LogP contribution in [0.2, 0.25) is 5.02 Å². The average Bonchev–Trinajstić information content (AvgIpc) is 2.74.